The lowest BCUT2D eigenvalue weighted by atomic mass is 10.1. The third-order valence-electron chi connectivity index (χ3n) is 4.73. The molecule has 2 amide bonds. The van der Waals surface area contributed by atoms with E-state index in [0.29, 0.717) is 5.56 Å². The SMILES string of the molecule is CC(NC(=O)CNc1ccc(C(=O)N2CCCC2)cc1)c1ccc(Br)cc1. The fraction of sp³-hybridized carbons (Fsp3) is 0.333. The van der Waals surface area contributed by atoms with Crippen molar-refractivity contribution < 1.29 is 9.59 Å². The standard InChI is InChI=1S/C21H24BrN3O2/c1-15(16-4-8-18(22)9-5-16)24-20(26)14-23-19-10-6-17(7-11-19)21(27)25-12-2-3-13-25/h4-11,15,23H,2-3,12-14H2,1H3,(H,24,26). The van der Waals surface area contributed by atoms with Crippen LogP contribution in [0.15, 0.2) is 53.0 Å². The van der Waals surface area contributed by atoms with Crippen LogP contribution in [-0.2, 0) is 4.79 Å². The normalized spacial score (nSPS) is 14.7. The Kier molecular flexibility index (Phi) is 6.50. The molecule has 1 atom stereocenters. The number of amides is 2. The van der Waals surface area contributed by atoms with E-state index < -0.39 is 0 Å². The van der Waals surface area contributed by atoms with Gasteiger partial charge in [-0.1, -0.05) is 28.1 Å². The van der Waals surface area contributed by atoms with Gasteiger partial charge in [0.25, 0.3) is 5.91 Å². The quantitative estimate of drug-likeness (QED) is 0.729. The van der Waals surface area contributed by atoms with Crippen LogP contribution in [-0.4, -0.2) is 36.3 Å². The van der Waals surface area contributed by atoms with Gasteiger partial charge in [-0.25, -0.2) is 0 Å². The Morgan fingerprint density at radius 3 is 2.30 bits per heavy atom. The minimum atomic E-state index is -0.0809. The molecule has 0 radical (unpaired) electrons. The lowest BCUT2D eigenvalue weighted by Crippen LogP contribution is -2.32. The molecule has 2 aromatic rings. The van der Waals surface area contributed by atoms with Gasteiger partial charge < -0.3 is 15.5 Å². The Morgan fingerprint density at radius 1 is 1.04 bits per heavy atom. The van der Waals surface area contributed by atoms with Crippen LogP contribution in [0, 0.1) is 0 Å². The molecule has 1 heterocycles. The van der Waals surface area contributed by atoms with Gasteiger partial charge in [0, 0.05) is 28.8 Å². The molecule has 0 bridgehead atoms. The molecule has 1 fully saturated rings. The lowest BCUT2D eigenvalue weighted by Gasteiger charge is -2.16. The summed E-state index contributed by atoms with van der Waals surface area (Å²) in [6, 6.07) is 15.1. The molecule has 1 aliphatic rings. The summed E-state index contributed by atoms with van der Waals surface area (Å²) in [5.41, 5.74) is 2.56. The summed E-state index contributed by atoms with van der Waals surface area (Å²) in [4.78, 5) is 26.4. The number of nitrogens with zero attached hydrogens (tertiary/aromatic N) is 1. The van der Waals surface area contributed by atoms with Crippen LogP contribution in [0.5, 0.6) is 0 Å². The van der Waals surface area contributed by atoms with Gasteiger partial charge in [0.05, 0.1) is 12.6 Å². The van der Waals surface area contributed by atoms with E-state index in [-0.39, 0.29) is 24.4 Å². The maximum absolute atomic E-state index is 12.3. The molecule has 2 N–H and O–H groups in total. The molecular weight excluding hydrogens is 406 g/mol. The zero-order valence-electron chi connectivity index (χ0n) is 15.4. The average Bonchev–Trinajstić information content (AvgIpc) is 3.21. The van der Waals surface area contributed by atoms with Gasteiger partial charge in [0.1, 0.15) is 0 Å². The maximum Gasteiger partial charge on any atom is 0.253 e. The summed E-state index contributed by atoms with van der Waals surface area (Å²) in [7, 11) is 0. The predicted molar refractivity (Wildman–Crippen MR) is 111 cm³/mol. The Labute approximate surface area is 168 Å². The van der Waals surface area contributed by atoms with Gasteiger partial charge in [-0.15, -0.1) is 0 Å². The maximum atomic E-state index is 12.3. The molecule has 0 aliphatic carbocycles. The molecule has 0 saturated carbocycles. The van der Waals surface area contributed by atoms with Gasteiger partial charge in [-0.05, 0) is 61.7 Å². The molecule has 2 aromatic carbocycles. The number of halogens is 1. The number of benzene rings is 2. The summed E-state index contributed by atoms with van der Waals surface area (Å²) in [6.45, 7) is 3.82. The van der Waals surface area contributed by atoms with Crippen molar-refractivity contribution in [3.63, 3.8) is 0 Å². The van der Waals surface area contributed by atoms with E-state index in [0.717, 1.165) is 41.7 Å². The van der Waals surface area contributed by atoms with Crippen molar-refractivity contribution in [2.75, 3.05) is 25.0 Å². The Hall–Kier alpha value is -2.34. The topological polar surface area (TPSA) is 61.4 Å². The van der Waals surface area contributed by atoms with Crippen molar-refractivity contribution in [3.05, 3.63) is 64.1 Å². The highest BCUT2D eigenvalue weighted by Crippen LogP contribution is 2.17. The number of carbonyl (C=O) groups is 2. The van der Waals surface area contributed by atoms with E-state index in [9.17, 15) is 9.59 Å². The molecule has 0 spiro atoms. The molecule has 142 valence electrons. The molecule has 3 rings (SSSR count). The van der Waals surface area contributed by atoms with Gasteiger partial charge in [0.15, 0.2) is 0 Å². The zero-order valence-corrected chi connectivity index (χ0v) is 17.0. The van der Waals surface area contributed by atoms with Crippen LogP contribution in [0.4, 0.5) is 5.69 Å². The third kappa shape index (κ3) is 5.32. The summed E-state index contributed by atoms with van der Waals surface area (Å²) in [6.07, 6.45) is 2.17. The van der Waals surface area contributed by atoms with Crippen LogP contribution >= 0.6 is 15.9 Å². The Bertz CT molecular complexity index is 784. The van der Waals surface area contributed by atoms with E-state index in [1.54, 1.807) is 0 Å². The number of anilines is 1. The molecule has 5 nitrogen and oxygen atoms in total. The number of hydrogen-bond donors (Lipinski definition) is 2. The Balaban J connectivity index is 1.48. The highest BCUT2D eigenvalue weighted by Gasteiger charge is 2.19. The number of nitrogens with one attached hydrogen (secondary N) is 2. The van der Waals surface area contributed by atoms with Crippen molar-refractivity contribution in [2.45, 2.75) is 25.8 Å². The summed E-state index contributed by atoms with van der Waals surface area (Å²) in [5.74, 6) is 0.00255. The predicted octanol–water partition coefficient (Wildman–Crippen LogP) is 3.97. The second kappa shape index (κ2) is 9.04. The molecule has 0 aromatic heterocycles. The van der Waals surface area contributed by atoms with Crippen LogP contribution in [0.2, 0.25) is 0 Å². The number of hydrogen-bond acceptors (Lipinski definition) is 3. The fourth-order valence-electron chi connectivity index (χ4n) is 3.14. The first-order valence-electron chi connectivity index (χ1n) is 9.21. The van der Waals surface area contributed by atoms with Crippen molar-refractivity contribution in [2.24, 2.45) is 0 Å². The average molecular weight is 430 g/mol. The molecule has 1 saturated heterocycles. The monoisotopic (exact) mass is 429 g/mol. The van der Waals surface area contributed by atoms with Crippen molar-refractivity contribution in [1.82, 2.24) is 10.2 Å². The second-order valence-corrected chi connectivity index (χ2v) is 7.69. The second-order valence-electron chi connectivity index (χ2n) is 6.77. The lowest BCUT2D eigenvalue weighted by molar-refractivity contribution is -0.120. The first-order chi connectivity index (χ1) is 13.0. The van der Waals surface area contributed by atoms with Crippen molar-refractivity contribution in [3.8, 4) is 0 Å². The molecular formula is C21H24BrN3O2. The first-order valence-corrected chi connectivity index (χ1v) is 10.0. The van der Waals surface area contributed by atoms with Crippen LogP contribution in [0.3, 0.4) is 0 Å². The van der Waals surface area contributed by atoms with Gasteiger partial charge in [0.2, 0.25) is 5.91 Å². The smallest absolute Gasteiger partial charge is 0.253 e. The van der Waals surface area contributed by atoms with E-state index in [1.165, 1.54) is 0 Å². The van der Waals surface area contributed by atoms with Gasteiger partial charge in [-0.2, -0.15) is 0 Å². The third-order valence-corrected chi connectivity index (χ3v) is 5.25. The minimum Gasteiger partial charge on any atom is -0.376 e. The van der Waals surface area contributed by atoms with E-state index in [1.807, 2.05) is 60.4 Å². The van der Waals surface area contributed by atoms with Crippen LogP contribution in [0.25, 0.3) is 0 Å². The van der Waals surface area contributed by atoms with Crippen molar-refractivity contribution >= 4 is 33.4 Å². The van der Waals surface area contributed by atoms with E-state index >= 15 is 0 Å². The molecule has 27 heavy (non-hydrogen) atoms. The summed E-state index contributed by atoms with van der Waals surface area (Å²) < 4.78 is 1.01. The summed E-state index contributed by atoms with van der Waals surface area (Å²) in [5, 5.41) is 6.08. The first kappa shape index (κ1) is 19.4. The minimum absolute atomic E-state index is 0.0622. The highest BCUT2D eigenvalue weighted by atomic mass is 79.9. The van der Waals surface area contributed by atoms with E-state index in [4.69, 9.17) is 0 Å². The number of carbonyl (C=O) groups excluding carboxylic acids is 2. The van der Waals surface area contributed by atoms with Crippen LogP contribution < -0.4 is 10.6 Å². The van der Waals surface area contributed by atoms with Crippen LogP contribution in [0.1, 0.15) is 41.7 Å². The molecule has 1 aliphatic heterocycles. The highest BCUT2D eigenvalue weighted by molar-refractivity contribution is 9.10. The van der Waals surface area contributed by atoms with Gasteiger partial charge in [-0.3, -0.25) is 9.59 Å². The van der Waals surface area contributed by atoms with Gasteiger partial charge >= 0.3 is 0 Å². The number of likely N-dealkylation sites (tertiary alicyclic amines) is 1. The fourth-order valence-corrected chi connectivity index (χ4v) is 3.41. The molecule has 1 unspecified atom stereocenters. The van der Waals surface area contributed by atoms with Crippen molar-refractivity contribution in [1.29, 1.82) is 0 Å². The largest absolute Gasteiger partial charge is 0.376 e. The van der Waals surface area contributed by atoms with E-state index in [2.05, 4.69) is 26.6 Å². The molecule has 6 heteroatoms. The number of rotatable bonds is 6. The summed E-state index contributed by atoms with van der Waals surface area (Å²) >= 11 is 3.41. The Morgan fingerprint density at radius 2 is 1.67 bits per heavy atom. The zero-order chi connectivity index (χ0) is 19.2.